The summed E-state index contributed by atoms with van der Waals surface area (Å²) in [5.74, 6) is 0.294. The molecule has 2 unspecified atom stereocenters. The third-order valence-electron chi connectivity index (χ3n) is 3.89. The molecule has 2 atom stereocenters. The standard InChI is InChI=1S/C16H24N2O2/c1-18(11-13-7-5-6-10-15(13)19)12-16(20)17-14-8-3-2-4-9-14/h2-4,8-9,13,15,19H,5-7,10-12H2,1H3,(H,17,20). The predicted octanol–water partition coefficient (Wildman–Crippen LogP) is 2.11. The van der Waals surface area contributed by atoms with E-state index in [2.05, 4.69) is 5.32 Å². The van der Waals surface area contributed by atoms with Gasteiger partial charge < -0.3 is 10.4 Å². The second-order valence-corrected chi connectivity index (χ2v) is 5.72. The minimum atomic E-state index is -0.205. The van der Waals surface area contributed by atoms with E-state index in [4.69, 9.17) is 0 Å². The largest absolute Gasteiger partial charge is 0.393 e. The Morgan fingerprint density at radius 2 is 2.00 bits per heavy atom. The first-order chi connectivity index (χ1) is 9.65. The van der Waals surface area contributed by atoms with E-state index in [0.29, 0.717) is 12.5 Å². The fraction of sp³-hybridized carbons (Fsp3) is 0.562. The van der Waals surface area contributed by atoms with Crippen LogP contribution in [0.3, 0.4) is 0 Å². The van der Waals surface area contributed by atoms with Crippen LogP contribution in [0.2, 0.25) is 0 Å². The number of amides is 1. The van der Waals surface area contributed by atoms with Gasteiger partial charge in [0, 0.05) is 12.2 Å². The van der Waals surface area contributed by atoms with E-state index in [1.54, 1.807) is 0 Å². The molecular formula is C16H24N2O2. The first kappa shape index (κ1) is 15.0. The Kier molecular flexibility index (Phi) is 5.56. The molecule has 1 aliphatic carbocycles. The quantitative estimate of drug-likeness (QED) is 0.866. The number of rotatable bonds is 5. The minimum Gasteiger partial charge on any atom is -0.393 e. The molecule has 1 saturated carbocycles. The zero-order valence-electron chi connectivity index (χ0n) is 12.1. The topological polar surface area (TPSA) is 52.6 Å². The molecule has 4 nitrogen and oxygen atoms in total. The zero-order chi connectivity index (χ0) is 14.4. The highest BCUT2D eigenvalue weighted by molar-refractivity contribution is 5.92. The summed E-state index contributed by atoms with van der Waals surface area (Å²) < 4.78 is 0. The average Bonchev–Trinajstić information content (AvgIpc) is 2.42. The SMILES string of the molecule is CN(CC(=O)Nc1ccccc1)CC1CCCCC1O. The number of nitrogens with zero attached hydrogens (tertiary/aromatic N) is 1. The van der Waals surface area contributed by atoms with E-state index in [0.717, 1.165) is 31.5 Å². The lowest BCUT2D eigenvalue weighted by Gasteiger charge is -2.30. The molecule has 0 spiro atoms. The Bertz CT molecular complexity index is 422. The Morgan fingerprint density at radius 3 is 2.70 bits per heavy atom. The second-order valence-electron chi connectivity index (χ2n) is 5.72. The molecule has 0 heterocycles. The third kappa shape index (κ3) is 4.62. The lowest BCUT2D eigenvalue weighted by Crippen LogP contribution is -2.38. The molecule has 1 amide bonds. The van der Waals surface area contributed by atoms with Crippen molar-refractivity contribution in [3.63, 3.8) is 0 Å². The van der Waals surface area contributed by atoms with Crippen molar-refractivity contribution in [1.82, 2.24) is 4.90 Å². The number of nitrogens with one attached hydrogen (secondary N) is 1. The maximum Gasteiger partial charge on any atom is 0.238 e. The molecule has 1 aromatic rings. The maximum atomic E-state index is 11.9. The van der Waals surface area contributed by atoms with Gasteiger partial charge in [0.2, 0.25) is 5.91 Å². The minimum absolute atomic E-state index is 0.0102. The van der Waals surface area contributed by atoms with Crippen LogP contribution in [0.5, 0.6) is 0 Å². The monoisotopic (exact) mass is 276 g/mol. The van der Waals surface area contributed by atoms with E-state index in [1.807, 2.05) is 42.3 Å². The molecule has 1 aromatic carbocycles. The van der Waals surface area contributed by atoms with Gasteiger partial charge in [-0.3, -0.25) is 9.69 Å². The number of carbonyl (C=O) groups excluding carboxylic acids is 1. The van der Waals surface area contributed by atoms with Crippen LogP contribution in [0, 0.1) is 5.92 Å². The van der Waals surface area contributed by atoms with Crippen LogP contribution in [-0.4, -0.2) is 42.2 Å². The number of hydrogen-bond acceptors (Lipinski definition) is 3. The number of para-hydroxylation sites is 1. The Balaban J connectivity index is 1.76. The molecule has 0 saturated heterocycles. The number of carbonyl (C=O) groups is 1. The molecule has 110 valence electrons. The van der Waals surface area contributed by atoms with Crippen molar-refractivity contribution in [3.05, 3.63) is 30.3 Å². The molecular weight excluding hydrogens is 252 g/mol. The van der Waals surface area contributed by atoms with Crippen molar-refractivity contribution in [2.24, 2.45) is 5.92 Å². The first-order valence-electron chi connectivity index (χ1n) is 7.36. The highest BCUT2D eigenvalue weighted by Gasteiger charge is 2.24. The summed E-state index contributed by atoms with van der Waals surface area (Å²) in [6.07, 6.45) is 4.06. The van der Waals surface area contributed by atoms with Gasteiger partial charge in [-0.2, -0.15) is 0 Å². The van der Waals surface area contributed by atoms with Crippen molar-refractivity contribution in [2.45, 2.75) is 31.8 Å². The van der Waals surface area contributed by atoms with Gasteiger partial charge in [0.1, 0.15) is 0 Å². The molecule has 0 aromatic heterocycles. The summed E-state index contributed by atoms with van der Waals surface area (Å²) >= 11 is 0. The van der Waals surface area contributed by atoms with E-state index < -0.39 is 0 Å². The summed E-state index contributed by atoms with van der Waals surface area (Å²) in [4.78, 5) is 13.9. The highest BCUT2D eigenvalue weighted by atomic mass is 16.3. The fourth-order valence-electron chi connectivity index (χ4n) is 2.83. The van der Waals surface area contributed by atoms with Crippen molar-refractivity contribution >= 4 is 11.6 Å². The number of aliphatic hydroxyl groups excluding tert-OH is 1. The van der Waals surface area contributed by atoms with Gasteiger partial charge in [0.15, 0.2) is 0 Å². The van der Waals surface area contributed by atoms with Crippen LogP contribution < -0.4 is 5.32 Å². The van der Waals surface area contributed by atoms with Crippen LogP contribution >= 0.6 is 0 Å². The van der Waals surface area contributed by atoms with Gasteiger partial charge in [-0.25, -0.2) is 0 Å². The van der Waals surface area contributed by atoms with Gasteiger partial charge >= 0.3 is 0 Å². The van der Waals surface area contributed by atoms with Gasteiger partial charge in [-0.05, 0) is 37.9 Å². The molecule has 20 heavy (non-hydrogen) atoms. The van der Waals surface area contributed by atoms with E-state index in [1.165, 1.54) is 6.42 Å². The van der Waals surface area contributed by atoms with Crippen molar-refractivity contribution in [3.8, 4) is 0 Å². The molecule has 0 radical (unpaired) electrons. The summed E-state index contributed by atoms with van der Waals surface area (Å²) in [6, 6.07) is 9.48. The van der Waals surface area contributed by atoms with Crippen molar-refractivity contribution in [2.75, 3.05) is 25.5 Å². The molecule has 1 aliphatic rings. The molecule has 0 bridgehead atoms. The predicted molar refractivity (Wildman–Crippen MR) is 80.5 cm³/mol. The Labute approximate surface area is 120 Å². The van der Waals surface area contributed by atoms with Crippen LogP contribution in [0.1, 0.15) is 25.7 Å². The van der Waals surface area contributed by atoms with Crippen molar-refractivity contribution < 1.29 is 9.90 Å². The third-order valence-corrected chi connectivity index (χ3v) is 3.89. The first-order valence-corrected chi connectivity index (χ1v) is 7.36. The molecule has 4 heteroatoms. The van der Waals surface area contributed by atoms with Gasteiger partial charge in [-0.15, -0.1) is 0 Å². The average molecular weight is 276 g/mol. The molecule has 2 N–H and O–H groups in total. The lowest BCUT2D eigenvalue weighted by atomic mass is 9.86. The number of benzene rings is 1. The number of likely N-dealkylation sites (N-methyl/N-ethyl adjacent to an activating group) is 1. The smallest absolute Gasteiger partial charge is 0.238 e. The fourth-order valence-corrected chi connectivity index (χ4v) is 2.83. The van der Waals surface area contributed by atoms with Gasteiger partial charge in [-0.1, -0.05) is 31.0 Å². The summed E-state index contributed by atoms with van der Waals surface area (Å²) in [5, 5.41) is 12.8. The Morgan fingerprint density at radius 1 is 1.30 bits per heavy atom. The van der Waals surface area contributed by atoms with E-state index >= 15 is 0 Å². The van der Waals surface area contributed by atoms with Gasteiger partial charge in [0.25, 0.3) is 0 Å². The number of anilines is 1. The van der Waals surface area contributed by atoms with Gasteiger partial charge in [0.05, 0.1) is 12.6 Å². The lowest BCUT2D eigenvalue weighted by molar-refractivity contribution is -0.117. The van der Waals surface area contributed by atoms with Crippen molar-refractivity contribution in [1.29, 1.82) is 0 Å². The molecule has 2 rings (SSSR count). The van der Waals surface area contributed by atoms with E-state index in [9.17, 15) is 9.90 Å². The summed E-state index contributed by atoms with van der Waals surface area (Å²) in [5.41, 5.74) is 0.823. The molecule has 0 aliphatic heterocycles. The highest BCUT2D eigenvalue weighted by Crippen LogP contribution is 2.24. The van der Waals surface area contributed by atoms with E-state index in [-0.39, 0.29) is 12.0 Å². The second kappa shape index (κ2) is 7.41. The van der Waals surface area contributed by atoms with Crippen LogP contribution in [0.15, 0.2) is 30.3 Å². The zero-order valence-corrected chi connectivity index (χ0v) is 12.1. The molecule has 1 fully saturated rings. The Hall–Kier alpha value is -1.39. The summed E-state index contributed by atoms with van der Waals surface area (Å²) in [6.45, 7) is 1.14. The van der Waals surface area contributed by atoms with Crippen LogP contribution in [0.25, 0.3) is 0 Å². The normalized spacial score (nSPS) is 22.8. The summed E-state index contributed by atoms with van der Waals surface area (Å²) in [7, 11) is 1.94. The number of hydrogen-bond donors (Lipinski definition) is 2. The number of aliphatic hydroxyl groups is 1. The van der Waals surface area contributed by atoms with Crippen LogP contribution in [0.4, 0.5) is 5.69 Å². The maximum absolute atomic E-state index is 11.9. The van der Waals surface area contributed by atoms with Crippen LogP contribution in [-0.2, 0) is 4.79 Å².